The third-order valence-corrected chi connectivity index (χ3v) is 9.85. The number of rotatable bonds is 10. The van der Waals surface area contributed by atoms with Gasteiger partial charge in [0.05, 0.1) is 5.60 Å². The Kier molecular flexibility index (Phi) is 11.4. The number of nitrogens with zero attached hydrogens (tertiary/aromatic N) is 2. The number of nitrogens with one attached hydrogen (secondary N) is 2. The number of hydrogen-bond donors (Lipinski definition) is 3. The Labute approximate surface area is 272 Å². The van der Waals surface area contributed by atoms with E-state index in [1.807, 2.05) is 29.2 Å². The summed E-state index contributed by atoms with van der Waals surface area (Å²) in [6, 6.07) is 13.5. The second-order valence-electron chi connectivity index (χ2n) is 12.8. The average Bonchev–Trinajstić information content (AvgIpc) is 3.04. The molecule has 5 rings (SSSR count). The molecule has 3 fully saturated rings. The van der Waals surface area contributed by atoms with Crippen molar-refractivity contribution in [2.75, 3.05) is 26.7 Å². The first-order valence-corrected chi connectivity index (χ1v) is 16.2. The lowest BCUT2D eigenvalue weighted by atomic mass is 9.77. The Bertz CT molecular complexity index is 1350. The summed E-state index contributed by atoms with van der Waals surface area (Å²) in [7, 11) is 1.57. The van der Waals surface area contributed by atoms with Crippen molar-refractivity contribution < 1.29 is 24.3 Å². The van der Waals surface area contributed by atoms with Gasteiger partial charge in [0.15, 0.2) is 5.78 Å². The molecule has 1 aliphatic carbocycles. The lowest BCUT2D eigenvalue weighted by Gasteiger charge is -2.52. The molecule has 3 amide bonds. The molecule has 0 aromatic heterocycles. The van der Waals surface area contributed by atoms with Crippen LogP contribution in [0.1, 0.15) is 103 Å². The fourth-order valence-corrected chi connectivity index (χ4v) is 7.13. The SMILES string of the molecule is CCCCN1C(=O)[C@@H](CC2(O)CCCCC2)NC(=O)C12CCN(Cc1ccc(C(=O)c3ccc(C(=O)NC)cc3)cc1)CC2.Cl. The maximum Gasteiger partial charge on any atom is 0.251 e. The van der Waals surface area contributed by atoms with Crippen LogP contribution in [0.5, 0.6) is 0 Å². The zero-order valence-corrected chi connectivity index (χ0v) is 27.3. The van der Waals surface area contributed by atoms with Gasteiger partial charge >= 0.3 is 0 Å². The van der Waals surface area contributed by atoms with Gasteiger partial charge < -0.3 is 20.6 Å². The van der Waals surface area contributed by atoms with Crippen molar-refractivity contribution >= 4 is 35.9 Å². The number of piperazine rings is 1. The van der Waals surface area contributed by atoms with E-state index in [0.717, 1.165) is 37.7 Å². The van der Waals surface area contributed by atoms with Crippen LogP contribution >= 0.6 is 12.4 Å². The van der Waals surface area contributed by atoms with Crippen LogP contribution in [-0.2, 0) is 16.1 Å². The Morgan fingerprint density at radius 3 is 2.07 bits per heavy atom. The molecule has 3 N–H and O–H groups in total. The molecule has 2 saturated heterocycles. The highest BCUT2D eigenvalue weighted by Crippen LogP contribution is 2.37. The fraction of sp³-hybridized carbons (Fsp3) is 0.543. The van der Waals surface area contributed by atoms with Crippen LogP contribution in [0.3, 0.4) is 0 Å². The van der Waals surface area contributed by atoms with Gasteiger partial charge in [-0.3, -0.25) is 24.1 Å². The summed E-state index contributed by atoms with van der Waals surface area (Å²) in [5.41, 5.74) is 0.945. The summed E-state index contributed by atoms with van der Waals surface area (Å²) in [6.45, 7) is 4.69. The number of amides is 3. The molecule has 2 aromatic carbocycles. The minimum absolute atomic E-state index is 0. The number of hydrogen-bond acceptors (Lipinski definition) is 6. The molecule has 3 aliphatic rings. The molecule has 0 bridgehead atoms. The number of ketones is 1. The number of unbranched alkanes of at least 4 members (excludes halogenated alkanes) is 1. The standard InChI is InChI=1S/C35H46N4O5.ClH/c1-3-4-20-39-32(42)29(23-34(44)16-6-5-7-17-34)37-33(43)35(39)18-21-38(22-19-35)24-25-8-10-26(11-9-25)30(40)27-12-14-28(15-13-27)31(41)36-2;/h8-15,29,44H,3-7,16-24H2,1-2H3,(H,36,41)(H,37,43);1H/t29-;/m1./s1. The predicted octanol–water partition coefficient (Wildman–Crippen LogP) is 4.25. The van der Waals surface area contributed by atoms with Gasteiger partial charge in [0.1, 0.15) is 11.6 Å². The van der Waals surface area contributed by atoms with Crippen LogP contribution in [0.2, 0.25) is 0 Å². The molecular weight excluding hydrogens is 592 g/mol. The van der Waals surface area contributed by atoms with Gasteiger partial charge in [-0.25, -0.2) is 0 Å². The monoisotopic (exact) mass is 638 g/mol. The topological polar surface area (TPSA) is 119 Å². The van der Waals surface area contributed by atoms with Crippen molar-refractivity contribution in [2.24, 2.45) is 0 Å². The summed E-state index contributed by atoms with van der Waals surface area (Å²) >= 11 is 0. The smallest absolute Gasteiger partial charge is 0.251 e. The molecule has 2 aromatic rings. The zero-order chi connectivity index (χ0) is 31.3. The fourth-order valence-electron chi connectivity index (χ4n) is 7.13. The third kappa shape index (κ3) is 7.59. The number of carbonyl (C=O) groups is 4. The number of aliphatic hydroxyl groups is 1. The zero-order valence-electron chi connectivity index (χ0n) is 26.5. The van der Waals surface area contributed by atoms with E-state index < -0.39 is 17.2 Å². The highest BCUT2D eigenvalue weighted by Gasteiger charge is 2.54. The first kappa shape index (κ1) is 34.6. The number of carbonyl (C=O) groups excluding carboxylic acids is 4. The van der Waals surface area contributed by atoms with E-state index in [-0.39, 0.29) is 35.9 Å². The maximum absolute atomic E-state index is 13.8. The van der Waals surface area contributed by atoms with E-state index in [9.17, 15) is 24.3 Å². The van der Waals surface area contributed by atoms with Crippen molar-refractivity contribution in [2.45, 2.75) is 94.9 Å². The molecule has 1 spiro atoms. The van der Waals surface area contributed by atoms with Crippen molar-refractivity contribution in [3.8, 4) is 0 Å². The molecule has 1 saturated carbocycles. The molecule has 0 unspecified atom stereocenters. The van der Waals surface area contributed by atoms with Gasteiger partial charge in [0, 0.05) is 56.3 Å². The average molecular weight is 639 g/mol. The predicted molar refractivity (Wildman–Crippen MR) is 175 cm³/mol. The van der Waals surface area contributed by atoms with Crippen molar-refractivity contribution in [1.82, 2.24) is 20.4 Å². The third-order valence-electron chi connectivity index (χ3n) is 9.85. The minimum Gasteiger partial charge on any atom is -0.390 e. The van der Waals surface area contributed by atoms with Crippen LogP contribution in [-0.4, -0.2) is 82.3 Å². The number of likely N-dealkylation sites (tertiary alicyclic amines) is 1. The second-order valence-corrected chi connectivity index (χ2v) is 12.8. The van der Waals surface area contributed by atoms with Crippen molar-refractivity contribution in [3.05, 3.63) is 70.8 Å². The number of piperidine rings is 1. The van der Waals surface area contributed by atoms with Crippen LogP contribution in [0, 0.1) is 0 Å². The molecule has 45 heavy (non-hydrogen) atoms. The van der Waals surface area contributed by atoms with Gasteiger partial charge in [-0.2, -0.15) is 0 Å². The van der Waals surface area contributed by atoms with E-state index in [2.05, 4.69) is 22.5 Å². The van der Waals surface area contributed by atoms with Crippen LogP contribution in [0.4, 0.5) is 0 Å². The first-order valence-electron chi connectivity index (χ1n) is 16.2. The Morgan fingerprint density at radius 1 is 0.911 bits per heavy atom. The van der Waals surface area contributed by atoms with E-state index in [1.54, 1.807) is 31.3 Å². The molecule has 9 nitrogen and oxygen atoms in total. The minimum atomic E-state index is -0.881. The Balaban J connectivity index is 0.00000461. The van der Waals surface area contributed by atoms with Crippen molar-refractivity contribution in [3.63, 3.8) is 0 Å². The highest BCUT2D eigenvalue weighted by atomic mass is 35.5. The molecule has 1 atom stereocenters. The second kappa shape index (κ2) is 14.9. The number of halogens is 1. The van der Waals surface area contributed by atoms with Gasteiger partial charge in [-0.05, 0) is 49.8 Å². The lowest BCUT2D eigenvalue weighted by Crippen LogP contribution is -2.73. The first-order chi connectivity index (χ1) is 21.2. The van der Waals surface area contributed by atoms with Gasteiger partial charge in [0.25, 0.3) is 5.91 Å². The summed E-state index contributed by atoms with van der Waals surface area (Å²) in [5.74, 6) is -0.425. The molecule has 2 aliphatic heterocycles. The number of benzene rings is 2. The summed E-state index contributed by atoms with van der Waals surface area (Å²) in [4.78, 5) is 56.5. The quantitative estimate of drug-likeness (QED) is 0.335. The van der Waals surface area contributed by atoms with Crippen molar-refractivity contribution in [1.29, 1.82) is 0 Å². The summed E-state index contributed by atoms with van der Waals surface area (Å²) in [6.07, 6.45) is 7.58. The maximum atomic E-state index is 13.8. The summed E-state index contributed by atoms with van der Waals surface area (Å²) in [5, 5.41) is 16.8. The van der Waals surface area contributed by atoms with E-state index in [1.165, 1.54) is 0 Å². The van der Waals surface area contributed by atoms with Gasteiger partial charge in [-0.15, -0.1) is 12.4 Å². The lowest BCUT2D eigenvalue weighted by molar-refractivity contribution is -0.163. The molecule has 244 valence electrons. The largest absolute Gasteiger partial charge is 0.390 e. The van der Waals surface area contributed by atoms with E-state index in [4.69, 9.17) is 0 Å². The molecule has 0 radical (unpaired) electrons. The van der Waals surface area contributed by atoms with E-state index in [0.29, 0.717) is 75.0 Å². The molecule has 10 heteroatoms. The van der Waals surface area contributed by atoms with E-state index >= 15 is 0 Å². The molecular formula is C35H47ClN4O5. The Morgan fingerprint density at radius 2 is 1.49 bits per heavy atom. The van der Waals surface area contributed by atoms with Gasteiger partial charge in [-0.1, -0.05) is 69.0 Å². The van der Waals surface area contributed by atoms with Crippen LogP contribution in [0.25, 0.3) is 0 Å². The Hall–Kier alpha value is -3.27. The normalized spacial score (nSPS) is 21.1. The van der Waals surface area contributed by atoms with Crippen LogP contribution in [0.15, 0.2) is 48.5 Å². The summed E-state index contributed by atoms with van der Waals surface area (Å²) < 4.78 is 0. The highest BCUT2D eigenvalue weighted by molar-refractivity contribution is 6.09. The van der Waals surface area contributed by atoms with Gasteiger partial charge in [0.2, 0.25) is 11.8 Å². The molecule has 2 heterocycles. The van der Waals surface area contributed by atoms with Crippen LogP contribution < -0.4 is 10.6 Å².